The molecule has 19 N–H and O–H groups in total. The monoisotopic (exact) mass is 1230 g/mol. The molecule has 8 atom stereocenters. The van der Waals surface area contributed by atoms with Crippen LogP contribution < -0.4 is 70.8 Å². The molecule has 10 amide bonds. The molecule has 0 aromatic heterocycles. The molecule has 0 spiro atoms. The molecule has 2 aromatic carbocycles. The molecule has 0 bridgehead atoms. The fraction of sp³-hybridized carbons (Fsp3) is 0.593. The number of rotatable bonds is 40. The zero-order valence-corrected chi connectivity index (χ0v) is 50.8. The normalized spacial score (nSPS) is 16.6. The molecule has 2 aliphatic rings. The SMILES string of the molecule is COCCOCCCNCCC(=O)N1CCC[C@H]1C(=O)N[C@@H](Cc1ccccc1)C(=O)N[C@@H](CC(C)C)C(=O)N[C@@H](Cc1ccccc1)C(=O)N[C@@H](CCCNC(=N)N)C(=O)N1CCC[C@H]1C(=O)N[C@@H](CCCNC(=N)N)C(=O)N[C@@H](CC(N)=O)C(N)=O. The predicted molar refractivity (Wildman–Crippen MR) is 327 cm³/mol. The van der Waals surface area contributed by atoms with Gasteiger partial charge in [0.15, 0.2) is 11.9 Å². The zero-order chi connectivity index (χ0) is 64.5. The Labute approximate surface area is 514 Å². The Hall–Kier alpha value is -8.44. The van der Waals surface area contributed by atoms with Gasteiger partial charge < -0.3 is 90.1 Å². The summed E-state index contributed by atoms with van der Waals surface area (Å²) in [6.45, 7) is 6.93. The fourth-order valence-corrected chi connectivity index (χ4v) is 10.3. The molecule has 4 rings (SSSR count). The van der Waals surface area contributed by atoms with E-state index in [1.54, 1.807) is 61.7 Å². The van der Waals surface area contributed by atoms with E-state index < -0.39 is 108 Å². The van der Waals surface area contributed by atoms with E-state index in [4.69, 9.17) is 43.2 Å². The third-order valence-corrected chi connectivity index (χ3v) is 14.8. The molecule has 2 saturated heterocycles. The van der Waals surface area contributed by atoms with Crippen molar-refractivity contribution in [2.45, 2.75) is 152 Å². The second kappa shape index (κ2) is 38.7. The van der Waals surface area contributed by atoms with E-state index in [1.165, 1.54) is 9.80 Å². The van der Waals surface area contributed by atoms with Crippen LogP contribution in [-0.4, -0.2) is 195 Å². The van der Waals surface area contributed by atoms with E-state index in [9.17, 15) is 47.9 Å². The standard InChI is InChI=1S/C59H93N17O12/c1-37(2)33-43(72-54(83)45(35-39-17-8-5-9-18-39)74-55(84)46-21-12-28-75(46)49(78)23-27-66-24-14-30-88-32-31-87-3)52(81)73-44(34-38-15-6-4-7-16-38)53(82)70-41(20-11-26-68-59(64)65)57(86)76-29-13-22-47(76)56(85)69-40(19-10-25-67-58(62)63)51(80)71-42(50(61)79)36-48(60)77/h4-9,15-18,37,40-47,66H,10-14,19-36H2,1-3H3,(H2,60,77)(H2,61,79)(H,69,85)(H,70,82)(H,71,80)(H,72,83)(H,73,81)(H,74,84)(H4,62,63,67)(H4,64,65,68)/t40-,41-,42-,43-,44-,45-,46-,47-/m0/s1. The highest BCUT2D eigenvalue weighted by atomic mass is 16.5. The average molecular weight is 1230 g/mol. The lowest BCUT2D eigenvalue weighted by Gasteiger charge is -2.31. The van der Waals surface area contributed by atoms with Gasteiger partial charge in [-0.2, -0.15) is 0 Å². The van der Waals surface area contributed by atoms with Crippen molar-refractivity contribution in [1.29, 1.82) is 10.8 Å². The van der Waals surface area contributed by atoms with Gasteiger partial charge in [0, 0.05) is 65.7 Å². The summed E-state index contributed by atoms with van der Waals surface area (Å²) >= 11 is 0. The highest BCUT2D eigenvalue weighted by Gasteiger charge is 2.41. The summed E-state index contributed by atoms with van der Waals surface area (Å²) < 4.78 is 10.5. The van der Waals surface area contributed by atoms with Crippen molar-refractivity contribution in [3.63, 3.8) is 0 Å². The largest absolute Gasteiger partial charge is 0.382 e. The van der Waals surface area contributed by atoms with Gasteiger partial charge in [0.25, 0.3) is 0 Å². The van der Waals surface area contributed by atoms with E-state index in [1.807, 2.05) is 19.9 Å². The molecule has 0 unspecified atom stereocenters. The molecule has 88 heavy (non-hydrogen) atoms. The van der Waals surface area contributed by atoms with E-state index >= 15 is 0 Å². The quantitative estimate of drug-likeness (QED) is 0.0184. The maximum Gasteiger partial charge on any atom is 0.245 e. The summed E-state index contributed by atoms with van der Waals surface area (Å²) in [5, 5.41) is 40.1. The summed E-state index contributed by atoms with van der Waals surface area (Å²) in [7, 11) is 1.60. The Kier molecular flexibility index (Phi) is 31.6. The number of ether oxygens (including phenoxy) is 2. The molecular formula is C59H93N17O12. The van der Waals surface area contributed by atoms with E-state index in [0.29, 0.717) is 69.8 Å². The lowest BCUT2D eigenvalue weighted by molar-refractivity contribution is -0.142. The van der Waals surface area contributed by atoms with Crippen LogP contribution in [0.2, 0.25) is 0 Å². The number of benzene rings is 2. The van der Waals surface area contributed by atoms with Crippen molar-refractivity contribution in [3.8, 4) is 0 Å². The van der Waals surface area contributed by atoms with Gasteiger partial charge in [0.05, 0.1) is 19.6 Å². The van der Waals surface area contributed by atoms with Crippen molar-refractivity contribution < 1.29 is 57.4 Å². The van der Waals surface area contributed by atoms with Gasteiger partial charge in [-0.05, 0) is 87.8 Å². The Morgan fingerprint density at radius 3 is 1.57 bits per heavy atom. The number of methoxy groups -OCH3 is 1. The first-order chi connectivity index (χ1) is 42.1. The van der Waals surface area contributed by atoms with Crippen molar-refractivity contribution in [2.24, 2.45) is 28.9 Å². The molecule has 0 radical (unpaired) electrons. The van der Waals surface area contributed by atoms with Crippen LogP contribution in [-0.2, 0) is 70.3 Å². The molecule has 2 aromatic rings. The minimum atomic E-state index is -1.50. The number of nitrogens with two attached hydrogens (primary N) is 4. The predicted octanol–water partition coefficient (Wildman–Crippen LogP) is -2.67. The number of primary amides is 2. The topological polar surface area (TPSA) is 456 Å². The van der Waals surface area contributed by atoms with Gasteiger partial charge in [0.2, 0.25) is 59.1 Å². The molecule has 0 saturated carbocycles. The summed E-state index contributed by atoms with van der Waals surface area (Å²) in [5.74, 6) is -8.07. The van der Waals surface area contributed by atoms with Crippen LogP contribution in [0.1, 0.15) is 102 Å². The van der Waals surface area contributed by atoms with Crippen LogP contribution in [0.25, 0.3) is 0 Å². The molecule has 2 heterocycles. The number of nitrogens with zero attached hydrogens (tertiary/aromatic N) is 2. The number of amides is 10. The van der Waals surface area contributed by atoms with Crippen molar-refractivity contribution in [3.05, 3.63) is 71.8 Å². The summed E-state index contributed by atoms with van der Waals surface area (Å²) in [6.07, 6.45) is 2.06. The third kappa shape index (κ3) is 25.9. The number of carbonyl (C=O) groups excluding carboxylic acids is 10. The van der Waals surface area contributed by atoms with Gasteiger partial charge >= 0.3 is 0 Å². The molecule has 486 valence electrons. The number of carbonyl (C=O) groups is 10. The van der Waals surface area contributed by atoms with Crippen LogP contribution >= 0.6 is 0 Å². The highest BCUT2D eigenvalue weighted by Crippen LogP contribution is 2.22. The van der Waals surface area contributed by atoms with Gasteiger partial charge in [-0.3, -0.25) is 58.8 Å². The number of hydrogen-bond acceptors (Lipinski definition) is 15. The second-order valence-corrected chi connectivity index (χ2v) is 22.3. The van der Waals surface area contributed by atoms with Crippen molar-refractivity contribution in [1.82, 2.24) is 57.7 Å². The smallest absolute Gasteiger partial charge is 0.245 e. The van der Waals surface area contributed by atoms with Gasteiger partial charge in [-0.1, -0.05) is 74.5 Å². The molecule has 0 aliphatic carbocycles. The lowest BCUT2D eigenvalue weighted by Crippen LogP contribution is -2.60. The van der Waals surface area contributed by atoms with Crippen LogP contribution in [0.4, 0.5) is 0 Å². The first-order valence-electron chi connectivity index (χ1n) is 30.1. The van der Waals surface area contributed by atoms with E-state index in [2.05, 4.69) is 47.9 Å². The van der Waals surface area contributed by atoms with E-state index in [-0.39, 0.29) is 101 Å². The second-order valence-electron chi connectivity index (χ2n) is 22.3. The Morgan fingerprint density at radius 2 is 1.03 bits per heavy atom. The average Bonchev–Trinajstić information content (AvgIpc) is 3.73. The first kappa shape index (κ1) is 72.0. The number of nitrogens with one attached hydrogen (secondary N) is 11. The molecule has 29 heteroatoms. The first-order valence-corrected chi connectivity index (χ1v) is 30.1. The summed E-state index contributed by atoms with van der Waals surface area (Å²) in [4.78, 5) is 141. The van der Waals surface area contributed by atoms with Crippen LogP contribution in [0.3, 0.4) is 0 Å². The minimum absolute atomic E-state index is 0.0375. The Morgan fingerprint density at radius 1 is 0.557 bits per heavy atom. The maximum absolute atomic E-state index is 14.8. The summed E-state index contributed by atoms with van der Waals surface area (Å²) in [6, 6.07) is 7.79. The molecule has 2 fully saturated rings. The maximum atomic E-state index is 14.8. The fourth-order valence-electron chi connectivity index (χ4n) is 10.3. The Balaban J connectivity index is 1.57. The Bertz CT molecular complexity index is 2640. The van der Waals surface area contributed by atoms with Crippen LogP contribution in [0.15, 0.2) is 60.7 Å². The zero-order valence-electron chi connectivity index (χ0n) is 50.8. The minimum Gasteiger partial charge on any atom is -0.382 e. The number of guanidine groups is 2. The van der Waals surface area contributed by atoms with E-state index in [0.717, 1.165) is 6.42 Å². The molecule has 29 nitrogen and oxygen atoms in total. The van der Waals surface area contributed by atoms with Crippen LogP contribution in [0.5, 0.6) is 0 Å². The third-order valence-electron chi connectivity index (χ3n) is 14.8. The van der Waals surface area contributed by atoms with Crippen LogP contribution in [0, 0.1) is 16.7 Å². The van der Waals surface area contributed by atoms with Crippen molar-refractivity contribution >= 4 is 71.0 Å². The molecular weight excluding hydrogens is 1140 g/mol. The van der Waals surface area contributed by atoms with Gasteiger partial charge in [0.1, 0.15) is 48.3 Å². The highest BCUT2D eigenvalue weighted by molar-refractivity contribution is 5.99. The number of hydrogen-bond donors (Lipinski definition) is 15. The molecule has 2 aliphatic heterocycles. The van der Waals surface area contributed by atoms with Crippen molar-refractivity contribution in [2.75, 3.05) is 66.2 Å². The van der Waals surface area contributed by atoms with Gasteiger partial charge in [-0.25, -0.2) is 0 Å². The lowest BCUT2D eigenvalue weighted by atomic mass is 9.99. The number of likely N-dealkylation sites (tertiary alicyclic amines) is 2. The van der Waals surface area contributed by atoms with Gasteiger partial charge in [-0.15, -0.1) is 0 Å². The summed E-state index contributed by atoms with van der Waals surface area (Å²) in [5.41, 5.74) is 23.0.